The third kappa shape index (κ3) is 8.16. The predicted molar refractivity (Wildman–Crippen MR) is 96.2 cm³/mol. The molecule has 0 saturated carbocycles. The standard InChI is InChI=1S/C18H29NO3S/c1-4-6-7-8-11-16(5-2)18(20)19-17-12-9-10-15(13-17)14-23(3,21)22/h9-10,12-13,16H,4-8,11,14H2,1-3H3,(H,19,20). The van der Waals surface area contributed by atoms with Crippen LogP contribution in [-0.4, -0.2) is 20.6 Å². The molecular formula is C18H29NO3S. The Labute approximate surface area is 140 Å². The van der Waals surface area contributed by atoms with Crippen LogP contribution in [0.3, 0.4) is 0 Å². The summed E-state index contributed by atoms with van der Waals surface area (Å²) in [5.74, 6) is 0.0382. The van der Waals surface area contributed by atoms with Gasteiger partial charge in [0.05, 0.1) is 5.75 Å². The van der Waals surface area contributed by atoms with Crippen molar-refractivity contribution in [1.82, 2.24) is 0 Å². The molecule has 0 aliphatic rings. The van der Waals surface area contributed by atoms with Gasteiger partial charge in [-0.1, -0.05) is 51.7 Å². The molecule has 0 bridgehead atoms. The summed E-state index contributed by atoms with van der Waals surface area (Å²) in [6.45, 7) is 4.21. The van der Waals surface area contributed by atoms with Crippen LogP contribution >= 0.6 is 0 Å². The number of anilines is 1. The summed E-state index contributed by atoms with van der Waals surface area (Å²) in [6, 6.07) is 7.08. The molecule has 1 unspecified atom stereocenters. The summed E-state index contributed by atoms with van der Waals surface area (Å²) >= 11 is 0. The summed E-state index contributed by atoms with van der Waals surface area (Å²) in [4.78, 5) is 12.4. The molecule has 1 aromatic carbocycles. The summed E-state index contributed by atoms with van der Waals surface area (Å²) in [5.41, 5.74) is 1.37. The molecule has 1 amide bonds. The highest BCUT2D eigenvalue weighted by Crippen LogP contribution is 2.18. The van der Waals surface area contributed by atoms with Crippen LogP contribution in [0.5, 0.6) is 0 Å². The van der Waals surface area contributed by atoms with Crippen LogP contribution in [-0.2, 0) is 20.4 Å². The number of hydrogen-bond donors (Lipinski definition) is 1. The highest BCUT2D eigenvalue weighted by Gasteiger charge is 2.16. The summed E-state index contributed by atoms with van der Waals surface area (Å²) < 4.78 is 22.7. The summed E-state index contributed by atoms with van der Waals surface area (Å²) in [6.07, 6.45) is 7.59. The van der Waals surface area contributed by atoms with Crippen LogP contribution in [0.4, 0.5) is 5.69 Å². The average Bonchev–Trinajstić information content (AvgIpc) is 2.45. The van der Waals surface area contributed by atoms with Crippen LogP contribution in [0.1, 0.15) is 57.9 Å². The first-order valence-electron chi connectivity index (χ1n) is 8.43. The molecule has 0 fully saturated rings. The van der Waals surface area contributed by atoms with Gasteiger partial charge in [0.1, 0.15) is 0 Å². The Morgan fingerprint density at radius 1 is 1.17 bits per heavy atom. The summed E-state index contributed by atoms with van der Waals surface area (Å²) in [7, 11) is -3.07. The minimum absolute atomic E-state index is 0.00899. The van der Waals surface area contributed by atoms with Gasteiger partial charge in [-0.15, -0.1) is 0 Å². The van der Waals surface area contributed by atoms with E-state index in [4.69, 9.17) is 0 Å². The second-order valence-electron chi connectivity index (χ2n) is 6.21. The first-order valence-corrected chi connectivity index (χ1v) is 10.5. The van der Waals surface area contributed by atoms with Crippen molar-refractivity contribution in [2.75, 3.05) is 11.6 Å². The lowest BCUT2D eigenvalue weighted by atomic mass is 9.97. The van der Waals surface area contributed by atoms with Gasteiger partial charge >= 0.3 is 0 Å². The van der Waals surface area contributed by atoms with Crippen LogP contribution in [0.25, 0.3) is 0 Å². The molecule has 130 valence electrons. The van der Waals surface area contributed by atoms with Gasteiger partial charge in [-0.05, 0) is 30.5 Å². The lowest BCUT2D eigenvalue weighted by Crippen LogP contribution is -2.22. The Morgan fingerprint density at radius 2 is 1.91 bits per heavy atom. The largest absolute Gasteiger partial charge is 0.326 e. The quantitative estimate of drug-likeness (QED) is 0.651. The van der Waals surface area contributed by atoms with Gasteiger partial charge in [-0.25, -0.2) is 8.42 Å². The molecule has 1 aromatic rings. The number of carbonyl (C=O) groups is 1. The van der Waals surface area contributed by atoms with Gasteiger partial charge in [-0.2, -0.15) is 0 Å². The molecule has 0 aromatic heterocycles. The van der Waals surface area contributed by atoms with Crippen molar-refractivity contribution in [3.8, 4) is 0 Å². The van der Waals surface area contributed by atoms with Crippen molar-refractivity contribution in [2.45, 2.75) is 58.1 Å². The molecule has 1 N–H and O–H groups in total. The van der Waals surface area contributed by atoms with Crippen LogP contribution in [0, 0.1) is 5.92 Å². The highest BCUT2D eigenvalue weighted by molar-refractivity contribution is 7.89. The van der Waals surface area contributed by atoms with E-state index in [1.54, 1.807) is 24.3 Å². The monoisotopic (exact) mass is 339 g/mol. The fraction of sp³-hybridized carbons (Fsp3) is 0.611. The zero-order valence-corrected chi connectivity index (χ0v) is 15.3. The minimum Gasteiger partial charge on any atom is -0.326 e. The lowest BCUT2D eigenvalue weighted by molar-refractivity contribution is -0.120. The molecule has 23 heavy (non-hydrogen) atoms. The van der Waals surface area contributed by atoms with E-state index < -0.39 is 9.84 Å². The fourth-order valence-corrected chi connectivity index (χ4v) is 3.41. The zero-order chi connectivity index (χ0) is 17.3. The number of unbranched alkanes of at least 4 members (excludes halogenated alkanes) is 3. The van der Waals surface area contributed by atoms with Gasteiger partial charge < -0.3 is 5.32 Å². The average molecular weight is 340 g/mol. The number of sulfone groups is 1. The van der Waals surface area contributed by atoms with E-state index in [9.17, 15) is 13.2 Å². The molecule has 0 spiro atoms. The molecule has 1 rings (SSSR count). The van der Waals surface area contributed by atoms with E-state index in [-0.39, 0.29) is 17.6 Å². The Kier molecular flexibility index (Phi) is 8.31. The number of amides is 1. The van der Waals surface area contributed by atoms with Crippen molar-refractivity contribution in [1.29, 1.82) is 0 Å². The Bertz CT molecular complexity index is 596. The second-order valence-corrected chi connectivity index (χ2v) is 8.35. The van der Waals surface area contributed by atoms with E-state index in [1.807, 2.05) is 6.92 Å². The number of nitrogens with one attached hydrogen (secondary N) is 1. The lowest BCUT2D eigenvalue weighted by Gasteiger charge is -2.15. The van der Waals surface area contributed by atoms with Gasteiger partial charge in [0, 0.05) is 17.9 Å². The van der Waals surface area contributed by atoms with E-state index in [2.05, 4.69) is 12.2 Å². The molecule has 1 atom stereocenters. The van der Waals surface area contributed by atoms with Crippen molar-refractivity contribution < 1.29 is 13.2 Å². The van der Waals surface area contributed by atoms with Crippen LogP contribution < -0.4 is 5.32 Å². The SMILES string of the molecule is CCCCCCC(CC)C(=O)Nc1cccc(CS(C)(=O)=O)c1. The van der Waals surface area contributed by atoms with Gasteiger partial charge in [0.2, 0.25) is 5.91 Å². The molecule has 0 heterocycles. The Hall–Kier alpha value is -1.36. The number of benzene rings is 1. The molecule has 0 aliphatic heterocycles. The molecule has 0 radical (unpaired) electrons. The molecule has 0 aliphatic carbocycles. The van der Waals surface area contributed by atoms with E-state index in [0.29, 0.717) is 11.3 Å². The minimum atomic E-state index is -3.07. The normalized spacial score (nSPS) is 12.8. The van der Waals surface area contributed by atoms with E-state index in [0.717, 1.165) is 19.3 Å². The maximum Gasteiger partial charge on any atom is 0.227 e. The first kappa shape index (κ1) is 19.7. The number of hydrogen-bond acceptors (Lipinski definition) is 3. The van der Waals surface area contributed by atoms with E-state index >= 15 is 0 Å². The molecule has 4 nitrogen and oxygen atoms in total. The Morgan fingerprint density at radius 3 is 2.52 bits per heavy atom. The van der Waals surface area contributed by atoms with Crippen molar-refractivity contribution >= 4 is 21.4 Å². The van der Waals surface area contributed by atoms with Crippen molar-refractivity contribution in [3.05, 3.63) is 29.8 Å². The maximum absolute atomic E-state index is 12.4. The van der Waals surface area contributed by atoms with Crippen LogP contribution in [0.15, 0.2) is 24.3 Å². The topological polar surface area (TPSA) is 63.2 Å². The van der Waals surface area contributed by atoms with E-state index in [1.165, 1.54) is 25.5 Å². The molecular weight excluding hydrogens is 310 g/mol. The zero-order valence-electron chi connectivity index (χ0n) is 14.5. The predicted octanol–water partition coefficient (Wildman–Crippen LogP) is 4.17. The van der Waals surface area contributed by atoms with Crippen molar-refractivity contribution in [3.63, 3.8) is 0 Å². The second kappa shape index (κ2) is 9.71. The third-order valence-electron chi connectivity index (χ3n) is 3.89. The smallest absolute Gasteiger partial charge is 0.227 e. The number of carbonyl (C=O) groups excluding carboxylic acids is 1. The van der Waals surface area contributed by atoms with Gasteiger partial charge in [-0.3, -0.25) is 4.79 Å². The van der Waals surface area contributed by atoms with Crippen LogP contribution in [0.2, 0.25) is 0 Å². The maximum atomic E-state index is 12.4. The molecule has 0 saturated heterocycles. The first-order chi connectivity index (χ1) is 10.9. The molecule has 5 heteroatoms. The summed E-state index contributed by atoms with van der Waals surface area (Å²) in [5, 5.41) is 2.93. The van der Waals surface area contributed by atoms with Gasteiger partial charge in [0.25, 0.3) is 0 Å². The Balaban J connectivity index is 2.62. The van der Waals surface area contributed by atoms with Crippen molar-refractivity contribution in [2.24, 2.45) is 5.92 Å². The van der Waals surface area contributed by atoms with Gasteiger partial charge in [0.15, 0.2) is 9.84 Å². The third-order valence-corrected chi connectivity index (χ3v) is 4.75. The fourth-order valence-electron chi connectivity index (χ4n) is 2.62. The highest BCUT2D eigenvalue weighted by atomic mass is 32.2. The number of rotatable bonds is 10.